The number of imide groups is 1. The molecule has 0 bridgehead atoms. The maximum atomic E-state index is 12.4. The van der Waals surface area contributed by atoms with Crippen LogP contribution in [0.15, 0.2) is 0 Å². The number of likely N-dealkylation sites (N-methyl/N-ethyl adjacent to an activating group) is 1. The van der Waals surface area contributed by atoms with E-state index in [9.17, 15) is 19.2 Å². The number of carbonyl (C=O) groups excluding carboxylic acids is 4. The van der Waals surface area contributed by atoms with Crippen LogP contribution in [-0.2, 0) is 24.0 Å². The number of rotatable bonds is 5. The van der Waals surface area contributed by atoms with Gasteiger partial charge in [-0.05, 0) is 33.1 Å². The molecule has 1 heterocycles. The second-order valence-electron chi connectivity index (χ2n) is 7.23. The molecule has 1 aliphatic rings. The van der Waals surface area contributed by atoms with Crippen LogP contribution in [0, 0.1) is 5.92 Å². The quantitative estimate of drug-likeness (QED) is 0.708. The maximum absolute atomic E-state index is 12.4. The molecule has 8 nitrogen and oxygen atoms in total. The van der Waals surface area contributed by atoms with Crippen molar-refractivity contribution in [2.24, 2.45) is 5.92 Å². The number of hydroxylamine groups is 2. The Labute approximate surface area is 142 Å². The molecule has 1 rings (SSSR count). The summed E-state index contributed by atoms with van der Waals surface area (Å²) in [4.78, 5) is 53.9. The molecular formula is C16H26N2O6. The van der Waals surface area contributed by atoms with Gasteiger partial charge in [0, 0.05) is 19.9 Å². The summed E-state index contributed by atoms with van der Waals surface area (Å²) in [6.45, 7) is 8.92. The van der Waals surface area contributed by atoms with Gasteiger partial charge in [-0.2, -0.15) is 0 Å². The lowest BCUT2D eigenvalue weighted by Gasteiger charge is -2.30. The first-order valence-corrected chi connectivity index (χ1v) is 7.95. The van der Waals surface area contributed by atoms with Gasteiger partial charge in [-0.3, -0.25) is 14.5 Å². The third-order valence-electron chi connectivity index (χ3n) is 3.30. The van der Waals surface area contributed by atoms with Crippen molar-refractivity contribution in [3.05, 3.63) is 0 Å². The van der Waals surface area contributed by atoms with E-state index in [0.717, 1.165) is 4.90 Å². The Kier molecular flexibility index (Phi) is 6.34. The molecule has 1 aliphatic heterocycles. The Morgan fingerprint density at radius 3 is 2.08 bits per heavy atom. The number of hydrogen-bond donors (Lipinski definition) is 0. The largest absolute Gasteiger partial charge is 0.444 e. The van der Waals surface area contributed by atoms with E-state index in [1.165, 1.54) is 7.05 Å². The summed E-state index contributed by atoms with van der Waals surface area (Å²) in [5.74, 6) is -1.87. The number of amides is 3. The molecule has 0 N–H and O–H groups in total. The van der Waals surface area contributed by atoms with Crippen LogP contribution in [0.2, 0.25) is 0 Å². The predicted molar refractivity (Wildman–Crippen MR) is 84.4 cm³/mol. The van der Waals surface area contributed by atoms with Crippen LogP contribution >= 0.6 is 0 Å². The third-order valence-corrected chi connectivity index (χ3v) is 3.30. The van der Waals surface area contributed by atoms with Crippen LogP contribution in [0.5, 0.6) is 0 Å². The molecule has 24 heavy (non-hydrogen) atoms. The van der Waals surface area contributed by atoms with Gasteiger partial charge in [0.15, 0.2) is 0 Å². The second-order valence-corrected chi connectivity index (χ2v) is 7.23. The predicted octanol–water partition coefficient (Wildman–Crippen LogP) is 1.88. The van der Waals surface area contributed by atoms with Crippen LogP contribution in [0.4, 0.5) is 4.79 Å². The summed E-state index contributed by atoms with van der Waals surface area (Å²) in [5.41, 5.74) is -0.710. The van der Waals surface area contributed by atoms with Crippen LogP contribution in [0.1, 0.15) is 53.9 Å². The normalized spacial score (nSPS) is 16.4. The van der Waals surface area contributed by atoms with Crippen molar-refractivity contribution >= 4 is 23.9 Å². The zero-order valence-electron chi connectivity index (χ0n) is 15.1. The van der Waals surface area contributed by atoms with E-state index in [1.54, 1.807) is 20.8 Å². The highest BCUT2D eigenvalue weighted by atomic mass is 16.7. The van der Waals surface area contributed by atoms with Gasteiger partial charge < -0.3 is 9.57 Å². The van der Waals surface area contributed by atoms with Gasteiger partial charge in [-0.25, -0.2) is 9.59 Å². The van der Waals surface area contributed by atoms with Gasteiger partial charge in [-0.15, -0.1) is 5.06 Å². The van der Waals surface area contributed by atoms with Gasteiger partial charge in [0.05, 0.1) is 0 Å². The fraction of sp³-hybridized carbons (Fsp3) is 0.750. The highest BCUT2D eigenvalue weighted by Gasteiger charge is 2.38. The summed E-state index contributed by atoms with van der Waals surface area (Å²) >= 11 is 0. The number of nitrogens with zero attached hydrogens (tertiary/aromatic N) is 2. The average molecular weight is 342 g/mol. The lowest BCUT2D eigenvalue weighted by atomic mass is 10.0. The molecule has 0 saturated carbocycles. The van der Waals surface area contributed by atoms with Crippen molar-refractivity contribution in [2.45, 2.75) is 65.5 Å². The summed E-state index contributed by atoms with van der Waals surface area (Å²) in [6, 6.07) is -0.957. The minimum Gasteiger partial charge on any atom is -0.444 e. The van der Waals surface area contributed by atoms with E-state index >= 15 is 0 Å². The van der Waals surface area contributed by atoms with Crippen molar-refractivity contribution in [3.63, 3.8) is 0 Å². The van der Waals surface area contributed by atoms with Crippen molar-refractivity contribution in [3.8, 4) is 0 Å². The van der Waals surface area contributed by atoms with E-state index in [4.69, 9.17) is 9.57 Å². The lowest BCUT2D eigenvalue weighted by molar-refractivity contribution is -0.201. The Morgan fingerprint density at radius 1 is 1.17 bits per heavy atom. The fourth-order valence-electron chi connectivity index (χ4n) is 2.13. The smallest absolute Gasteiger partial charge is 0.410 e. The Hall–Kier alpha value is -2.12. The van der Waals surface area contributed by atoms with Crippen molar-refractivity contribution in [1.82, 2.24) is 9.96 Å². The Bertz CT molecular complexity index is 507. The van der Waals surface area contributed by atoms with Crippen molar-refractivity contribution < 1.29 is 28.8 Å². The molecule has 8 heteroatoms. The molecule has 0 aromatic carbocycles. The number of carbonyl (C=O) groups is 4. The summed E-state index contributed by atoms with van der Waals surface area (Å²) in [7, 11) is 1.43. The van der Waals surface area contributed by atoms with Crippen molar-refractivity contribution in [2.75, 3.05) is 7.05 Å². The van der Waals surface area contributed by atoms with Crippen LogP contribution in [0.3, 0.4) is 0 Å². The minimum absolute atomic E-state index is 0.0167. The zero-order valence-corrected chi connectivity index (χ0v) is 15.1. The van der Waals surface area contributed by atoms with E-state index in [2.05, 4.69) is 0 Å². The zero-order chi connectivity index (χ0) is 18.7. The summed E-state index contributed by atoms with van der Waals surface area (Å²) < 4.78 is 5.26. The standard InChI is InChI=1S/C16H26N2O6/c1-10(2)9-11(17(6)15(22)23-16(3,4)5)14(21)24-18-12(19)7-8-13(18)20/h10-11H,7-9H2,1-6H3. The Balaban J connectivity index is 2.87. The molecule has 136 valence electrons. The maximum Gasteiger partial charge on any atom is 0.410 e. The first kappa shape index (κ1) is 19.9. The van der Waals surface area contributed by atoms with Gasteiger partial charge >= 0.3 is 12.1 Å². The second kappa shape index (κ2) is 7.63. The SMILES string of the molecule is CC(C)CC(C(=O)ON1C(=O)CCC1=O)N(C)C(=O)OC(C)(C)C. The van der Waals surface area contributed by atoms with Crippen LogP contribution < -0.4 is 0 Å². The van der Waals surface area contributed by atoms with E-state index < -0.39 is 35.5 Å². The van der Waals surface area contributed by atoms with E-state index in [-0.39, 0.29) is 18.8 Å². The Morgan fingerprint density at radius 2 is 1.67 bits per heavy atom. The highest BCUT2D eigenvalue weighted by Crippen LogP contribution is 2.19. The molecule has 0 radical (unpaired) electrons. The van der Waals surface area contributed by atoms with Gasteiger partial charge in [0.25, 0.3) is 11.8 Å². The first-order chi connectivity index (χ1) is 10.9. The summed E-state index contributed by atoms with van der Waals surface area (Å²) in [6.07, 6.45) is -0.333. The van der Waals surface area contributed by atoms with Gasteiger partial charge in [0.1, 0.15) is 11.6 Å². The van der Waals surface area contributed by atoms with Crippen molar-refractivity contribution in [1.29, 1.82) is 0 Å². The van der Waals surface area contributed by atoms with Crippen LogP contribution in [-0.4, -0.2) is 52.5 Å². The number of hydrogen-bond acceptors (Lipinski definition) is 6. The highest BCUT2D eigenvalue weighted by molar-refractivity contribution is 6.01. The molecule has 1 atom stereocenters. The molecule has 0 spiro atoms. The molecule has 1 saturated heterocycles. The topological polar surface area (TPSA) is 93.2 Å². The molecule has 1 unspecified atom stereocenters. The molecule has 0 aromatic rings. The number of ether oxygens (including phenoxy) is 1. The van der Waals surface area contributed by atoms with Gasteiger partial charge in [0.2, 0.25) is 0 Å². The minimum atomic E-state index is -0.957. The molecular weight excluding hydrogens is 316 g/mol. The first-order valence-electron chi connectivity index (χ1n) is 7.95. The van der Waals surface area contributed by atoms with Crippen LogP contribution in [0.25, 0.3) is 0 Å². The molecule has 1 fully saturated rings. The lowest BCUT2D eigenvalue weighted by Crippen LogP contribution is -2.48. The molecule has 0 aliphatic carbocycles. The van der Waals surface area contributed by atoms with E-state index in [1.807, 2.05) is 13.8 Å². The van der Waals surface area contributed by atoms with Gasteiger partial charge in [-0.1, -0.05) is 13.8 Å². The monoisotopic (exact) mass is 342 g/mol. The molecule has 0 aromatic heterocycles. The molecule has 3 amide bonds. The summed E-state index contributed by atoms with van der Waals surface area (Å²) in [5, 5.41) is 0.485. The third kappa shape index (κ3) is 5.50. The fourth-order valence-corrected chi connectivity index (χ4v) is 2.13. The average Bonchev–Trinajstić information content (AvgIpc) is 2.73. The van der Waals surface area contributed by atoms with E-state index in [0.29, 0.717) is 11.5 Å².